The van der Waals surface area contributed by atoms with Gasteiger partial charge in [-0.25, -0.2) is 4.79 Å². The third-order valence-corrected chi connectivity index (χ3v) is 4.72. The molecule has 2 nitrogen and oxygen atoms in total. The van der Waals surface area contributed by atoms with Gasteiger partial charge in [-0.2, -0.15) is 13.2 Å². The Labute approximate surface area is 153 Å². The van der Waals surface area contributed by atoms with Crippen molar-refractivity contribution < 1.29 is 22.7 Å². The van der Waals surface area contributed by atoms with Gasteiger partial charge in [-0.1, -0.05) is 72.5 Å². The summed E-state index contributed by atoms with van der Waals surface area (Å²) in [6, 6.07) is 15.6. The standard InChI is InChI=1S/C20H15F3O2S/c21-20(22,23)19(24)25-13-26-18-11-9-17(10-12-18)16-7-5-15(6-8-16)14-3-1-2-4-14/h1-12,14H,13H2. The molecule has 0 aromatic heterocycles. The minimum atomic E-state index is -4.96. The van der Waals surface area contributed by atoms with Crippen LogP contribution in [0.2, 0.25) is 0 Å². The van der Waals surface area contributed by atoms with Gasteiger partial charge in [0.25, 0.3) is 0 Å². The van der Waals surface area contributed by atoms with Crippen molar-refractivity contribution in [3.8, 4) is 11.1 Å². The number of ether oxygens (including phenoxy) is 1. The van der Waals surface area contributed by atoms with E-state index in [0.29, 0.717) is 5.92 Å². The third kappa shape index (κ3) is 4.58. The van der Waals surface area contributed by atoms with Crippen LogP contribution in [0.5, 0.6) is 0 Å². The largest absolute Gasteiger partial charge is 0.490 e. The quantitative estimate of drug-likeness (QED) is 0.379. The van der Waals surface area contributed by atoms with Gasteiger partial charge in [0.1, 0.15) is 5.94 Å². The maximum absolute atomic E-state index is 12.1. The zero-order valence-corrected chi connectivity index (χ0v) is 14.4. The first-order valence-electron chi connectivity index (χ1n) is 7.85. The van der Waals surface area contributed by atoms with Crippen molar-refractivity contribution in [1.29, 1.82) is 0 Å². The van der Waals surface area contributed by atoms with Gasteiger partial charge >= 0.3 is 12.1 Å². The van der Waals surface area contributed by atoms with Crippen LogP contribution in [-0.4, -0.2) is 18.1 Å². The maximum atomic E-state index is 12.1. The van der Waals surface area contributed by atoms with Crippen LogP contribution < -0.4 is 0 Å². The fourth-order valence-corrected chi connectivity index (χ4v) is 3.16. The Morgan fingerprint density at radius 2 is 1.46 bits per heavy atom. The van der Waals surface area contributed by atoms with E-state index < -0.39 is 12.1 Å². The normalized spacial score (nSPS) is 14.0. The second kappa shape index (κ2) is 7.83. The van der Waals surface area contributed by atoms with Crippen LogP contribution in [-0.2, 0) is 9.53 Å². The first kappa shape index (κ1) is 18.3. The average Bonchev–Trinajstić information content (AvgIpc) is 3.16. The zero-order chi connectivity index (χ0) is 18.6. The van der Waals surface area contributed by atoms with Crippen molar-refractivity contribution in [3.63, 3.8) is 0 Å². The van der Waals surface area contributed by atoms with E-state index in [9.17, 15) is 18.0 Å². The highest BCUT2D eigenvalue weighted by Crippen LogP contribution is 2.28. The molecule has 0 unspecified atom stereocenters. The smallest absolute Gasteiger partial charge is 0.448 e. The molecule has 0 fully saturated rings. The topological polar surface area (TPSA) is 26.3 Å². The van der Waals surface area contributed by atoms with E-state index in [4.69, 9.17) is 0 Å². The molecule has 3 rings (SSSR count). The van der Waals surface area contributed by atoms with Crippen molar-refractivity contribution >= 4 is 17.7 Å². The van der Waals surface area contributed by atoms with E-state index in [-0.39, 0.29) is 5.94 Å². The van der Waals surface area contributed by atoms with Gasteiger partial charge in [-0.3, -0.25) is 0 Å². The van der Waals surface area contributed by atoms with Crippen molar-refractivity contribution in [2.45, 2.75) is 17.0 Å². The van der Waals surface area contributed by atoms with Crippen molar-refractivity contribution in [3.05, 3.63) is 78.4 Å². The molecule has 26 heavy (non-hydrogen) atoms. The summed E-state index contributed by atoms with van der Waals surface area (Å²) in [5.41, 5.74) is 3.28. The van der Waals surface area contributed by atoms with Crippen molar-refractivity contribution in [1.82, 2.24) is 0 Å². The molecule has 2 aromatic rings. The van der Waals surface area contributed by atoms with E-state index in [1.54, 1.807) is 12.1 Å². The molecule has 0 radical (unpaired) electrons. The average molecular weight is 376 g/mol. The Kier molecular flexibility index (Phi) is 5.52. The lowest BCUT2D eigenvalue weighted by Crippen LogP contribution is -2.25. The zero-order valence-electron chi connectivity index (χ0n) is 13.6. The van der Waals surface area contributed by atoms with E-state index in [0.717, 1.165) is 27.8 Å². The molecule has 0 atom stereocenters. The van der Waals surface area contributed by atoms with Crippen molar-refractivity contribution in [2.75, 3.05) is 5.94 Å². The number of hydrogen-bond acceptors (Lipinski definition) is 3. The van der Waals surface area contributed by atoms with Crippen LogP contribution >= 0.6 is 11.8 Å². The number of esters is 1. The molecule has 1 aliphatic rings. The summed E-state index contributed by atoms with van der Waals surface area (Å²) in [4.78, 5) is 11.4. The monoisotopic (exact) mass is 376 g/mol. The summed E-state index contributed by atoms with van der Waals surface area (Å²) in [5, 5.41) is 0. The molecule has 6 heteroatoms. The highest BCUT2D eigenvalue weighted by Gasteiger charge is 2.40. The highest BCUT2D eigenvalue weighted by molar-refractivity contribution is 7.99. The van der Waals surface area contributed by atoms with E-state index >= 15 is 0 Å². The second-order valence-electron chi connectivity index (χ2n) is 5.63. The fraction of sp³-hybridized carbons (Fsp3) is 0.150. The summed E-state index contributed by atoms with van der Waals surface area (Å²) in [6.07, 6.45) is 3.36. The molecular weight excluding hydrogens is 361 g/mol. The van der Waals surface area contributed by atoms with Crippen LogP contribution in [0.4, 0.5) is 13.2 Å². The number of allylic oxidation sites excluding steroid dienone is 4. The second-order valence-corrected chi connectivity index (χ2v) is 6.63. The van der Waals surface area contributed by atoms with E-state index in [2.05, 4.69) is 29.0 Å². The summed E-state index contributed by atoms with van der Waals surface area (Å²) in [6.45, 7) is 0. The van der Waals surface area contributed by atoms with Gasteiger partial charge in [0.15, 0.2) is 0 Å². The van der Waals surface area contributed by atoms with Crippen LogP contribution in [0, 0.1) is 0 Å². The predicted octanol–water partition coefficient (Wildman–Crippen LogP) is 5.72. The lowest BCUT2D eigenvalue weighted by Gasteiger charge is -2.09. The number of benzene rings is 2. The number of carbonyl (C=O) groups excluding carboxylic acids is 1. The molecule has 0 amide bonds. The SMILES string of the molecule is O=C(OCSc1ccc(-c2ccc(C3C=CC=C3)cc2)cc1)C(F)(F)F. The minimum Gasteiger partial charge on any atom is -0.448 e. The molecule has 0 spiro atoms. The molecule has 0 N–H and O–H groups in total. The molecule has 2 aromatic carbocycles. The Morgan fingerprint density at radius 1 is 0.923 bits per heavy atom. The number of hydrogen-bond donors (Lipinski definition) is 0. The van der Waals surface area contributed by atoms with Gasteiger partial charge in [0.05, 0.1) is 0 Å². The first-order valence-corrected chi connectivity index (χ1v) is 8.84. The van der Waals surface area contributed by atoms with Crippen molar-refractivity contribution in [2.24, 2.45) is 0 Å². The number of carbonyl (C=O) groups is 1. The van der Waals surface area contributed by atoms with Crippen LogP contribution in [0.3, 0.4) is 0 Å². The molecule has 0 saturated carbocycles. The van der Waals surface area contributed by atoms with Gasteiger partial charge in [0, 0.05) is 10.8 Å². The fourth-order valence-electron chi connectivity index (χ4n) is 2.53. The van der Waals surface area contributed by atoms with Gasteiger partial charge in [-0.15, -0.1) is 0 Å². The van der Waals surface area contributed by atoms with Gasteiger partial charge < -0.3 is 4.74 Å². The summed E-state index contributed by atoms with van der Waals surface area (Å²) in [7, 11) is 0. The molecule has 0 saturated heterocycles. The summed E-state index contributed by atoms with van der Waals surface area (Å²) >= 11 is 1.03. The Bertz CT molecular complexity index is 810. The molecule has 134 valence electrons. The predicted molar refractivity (Wildman–Crippen MR) is 95.8 cm³/mol. The number of rotatable bonds is 5. The highest BCUT2D eigenvalue weighted by atomic mass is 32.2. The van der Waals surface area contributed by atoms with Gasteiger partial charge in [-0.05, 0) is 28.8 Å². The van der Waals surface area contributed by atoms with Crippen LogP contribution in [0.1, 0.15) is 11.5 Å². The molecule has 0 bridgehead atoms. The Balaban J connectivity index is 1.58. The molecule has 0 heterocycles. The first-order chi connectivity index (χ1) is 12.4. The molecule has 1 aliphatic carbocycles. The molecule has 0 aliphatic heterocycles. The van der Waals surface area contributed by atoms with Gasteiger partial charge in [0.2, 0.25) is 0 Å². The maximum Gasteiger partial charge on any atom is 0.490 e. The number of alkyl halides is 3. The summed E-state index contributed by atoms with van der Waals surface area (Å²) < 4.78 is 40.3. The summed E-state index contributed by atoms with van der Waals surface area (Å²) in [5.74, 6) is -2.23. The minimum absolute atomic E-state index is 0.322. The van der Waals surface area contributed by atoms with Crippen LogP contribution in [0.15, 0.2) is 77.7 Å². The Hall–Kier alpha value is -2.47. The lowest BCUT2D eigenvalue weighted by atomic mass is 9.97. The Morgan fingerprint density at radius 3 is 2.00 bits per heavy atom. The molecular formula is C20H15F3O2S. The van der Waals surface area contributed by atoms with E-state index in [1.165, 1.54) is 5.56 Å². The lowest BCUT2D eigenvalue weighted by molar-refractivity contribution is -0.197. The number of halogens is 3. The third-order valence-electron chi connectivity index (χ3n) is 3.88. The van der Waals surface area contributed by atoms with Crippen LogP contribution in [0.25, 0.3) is 11.1 Å². The number of thioether (sulfide) groups is 1. The van der Waals surface area contributed by atoms with E-state index in [1.807, 2.05) is 36.4 Å².